The van der Waals surface area contributed by atoms with Crippen LogP contribution < -0.4 is 10.2 Å². The number of benzene rings is 1. The molecule has 4 rings (SSSR count). The molecule has 2 aliphatic rings. The molecule has 2 atom stereocenters. The van der Waals surface area contributed by atoms with Crippen LogP contribution in [0.1, 0.15) is 13.3 Å². The van der Waals surface area contributed by atoms with Gasteiger partial charge in [0, 0.05) is 24.7 Å². The Morgan fingerprint density at radius 2 is 2.18 bits per heavy atom. The highest BCUT2D eigenvalue weighted by molar-refractivity contribution is 7.22. The van der Waals surface area contributed by atoms with E-state index in [9.17, 15) is 4.79 Å². The van der Waals surface area contributed by atoms with E-state index in [-0.39, 0.29) is 11.8 Å². The van der Waals surface area contributed by atoms with Gasteiger partial charge in [-0.25, -0.2) is 4.98 Å². The number of nitrogens with one attached hydrogen (secondary N) is 1. The van der Waals surface area contributed by atoms with Gasteiger partial charge in [-0.05, 0) is 30.5 Å². The molecule has 1 aromatic heterocycles. The highest BCUT2D eigenvalue weighted by atomic mass is 32.1. The fraction of sp³-hybridized carbons (Fsp3) is 0.500. The fourth-order valence-corrected chi connectivity index (χ4v) is 3.86. The third-order valence-electron chi connectivity index (χ3n) is 4.37. The second-order valence-corrected chi connectivity index (χ2v) is 7.10. The Morgan fingerprint density at radius 1 is 1.41 bits per heavy atom. The second-order valence-electron chi connectivity index (χ2n) is 6.09. The van der Waals surface area contributed by atoms with Crippen LogP contribution in [0.5, 0.6) is 0 Å². The lowest BCUT2D eigenvalue weighted by Gasteiger charge is -2.25. The number of amides is 1. The molecule has 0 bridgehead atoms. The summed E-state index contributed by atoms with van der Waals surface area (Å²) in [5, 5.41) is 4.06. The van der Waals surface area contributed by atoms with Crippen LogP contribution in [0.2, 0.25) is 0 Å². The van der Waals surface area contributed by atoms with E-state index in [1.807, 2.05) is 18.2 Å². The minimum absolute atomic E-state index is 0.143. The summed E-state index contributed by atoms with van der Waals surface area (Å²) in [5.74, 6) is 0.867. The number of hydrogen-bond acceptors (Lipinski definition) is 5. The van der Waals surface area contributed by atoms with Crippen molar-refractivity contribution in [3.63, 3.8) is 0 Å². The zero-order chi connectivity index (χ0) is 15.1. The van der Waals surface area contributed by atoms with Crippen LogP contribution in [0.15, 0.2) is 18.2 Å². The Labute approximate surface area is 133 Å². The molecule has 1 aliphatic carbocycles. The zero-order valence-electron chi connectivity index (χ0n) is 12.5. The number of hydrogen-bond donors (Lipinski definition) is 1. The van der Waals surface area contributed by atoms with Crippen molar-refractivity contribution >= 4 is 38.3 Å². The van der Waals surface area contributed by atoms with E-state index in [0.717, 1.165) is 53.8 Å². The molecule has 116 valence electrons. The molecule has 2 fully saturated rings. The maximum absolute atomic E-state index is 12.0. The average Bonchev–Trinajstić information content (AvgIpc) is 3.12. The number of rotatable bonds is 3. The van der Waals surface area contributed by atoms with Gasteiger partial charge in [0.25, 0.3) is 0 Å². The molecule has 22 heavy (non-hydrogen) atoms. The molecule has 1 aliphatic heterocycles. The molecular formula is C16H19N3O2S. The molecule has 0 spiro atoms. The van der Waals surface area contributed by atoms with Gasteiger partial charge in [0.2, 0.25) is 5.91 Å². The normalized spacial score (nSPS) is 24.5. The van der Waals surface area contributed by atoms with Gasteiger partial charge in [0.15, 0.2) is 5.13 Å². The van der Waals surface area contributed by atoms with E-state index < -0.39 is 0 Å². The topological polar surface area (TPSA) is 54.5 Å². The molecule has 5 nitrogen and oxygen atoms in total. The summed E-state index contributed by atoms with van der Waals surface area (Å²) in [6.45, 7) is 5.42. The summed E-state index contributed by atoms with van der Waals surface area (Å²) >= 11 is 1.68. The Kier molecular flexibility index (Phi) is 3.50. The van der Waals surface area contributed by atoms with Crippen molar-refractivity contribution in [3.05, 3.63) is 18.2 Å². The van der Waals surface area contributed by atoms with Gasteiger partial charge >= 0.3 is 0 Å². The maximum Gasteiger partial charge on any atom is 0.227 e. The first kappa shape index (κ1) is 14.0. The minimum atomic E-state index is 0.143. The smallest absolute Gasteiger partial charge is 0.227 e. The number of ether oxygens (including phenoxy) is 1. The predicted octanol–water partition coefficient (Wildman–Crippen LogP) is 2.73. The average molecular weight is 317 g/mol. The Morgan fingerprint density at radius 3 is 2.91 bits per heavy atom. The molecule has 0 unspecified atom stereocenters. The van der Waals surface area contributed by atoms with Crippen molar-refractivity contribution in [1.29, 1.82) is 0 Å². The number of fused-ring (bicyclic) bond motifs is 1. The van der Waals surface area contributed by atoms with Crippen LogP contribution >= 0.6 is 11.3 Å². The highest BCUT2D eigenvalue weighted by Gasteiger charge is 2.39. The van der Waals surface area contributed by atoms with Crippen molar-refractivity contribution in [3.8, 4) is 0 Å². The number of carbonyl (C=O) groups is 1. The Bertz CT molecular complexity index is 708. The number of carbonyl (C=O) groups excluding carboxylic acids is 1. The number of thiazole rings is 1. The lowest BCUT2D eigenvalue weighted by molar-refractivity contribution is -0.117. The van der Waals surface area contributed by atoms with Crippen LogP contribution in [-0.4, -0.2) is 37.2 Å². The van der Waals surface area contributed by atoms with E-state index in [2.05, 4.69) is 17.1 Å². The summed E-state index contributed by atoms with van der Waals surface area (Å²) in [4.78, 5) is 19.0. The molecule has 1 saturated heterocycles. The van der Waals surface area contributed by atoms with Crippen LogP contribution in [-0.2, 0) is 9.53 Å². The molecule has 1 N–H and O–H groups in total. The van der Waals surface area contributed by atoms with Crippen molar-refractivity contribution in [2.45, 2.75) is 13.3 Å². The lowest BCUT2D eigenvalue weighted by atomic mass is 10.2. The Balaban J connectivity index is 1.54. The molecule has 1 aromatic carbocycles. The first-order chi connectivity index (χ1) is 10.7. The second kappa shape index (κ2) is 5.52. The van der Waals surface area contributed by atoms with Gasteiger partial charge in [0.1, 0.15) is 0 Å². The van der Waals surface area contributed by atoms with E-state index in [4.69, 9.17) is 9.72 Å². The minimum Gasteiger partial charge on any atom is -0.378 e. The van der Waals surface area contributed by atoms with E-state index in [1.54, 1.807) is 11.3 Å². The third-order valence-corrected chi connectivity index (χ3v) is 5.45. The quantitative estimate of drug-likeness (QED) is 0.946. The van der Waals surface area contributed by atoms with Gasteiger partial charge < -0.3 is 15.0 Å². The summed E-state index contributed by atoms with van der Waals surface area (Å²) in [5.41, 5.74) is 1.86. The van der Waals surface area contributed by atoms with Crippen LogP contribution in [0.4, 0.5) is 10.8 Å². The number of nitrogens with zero attached hydrogens (tertiary/aromatic N) is 2. The fourth-order valence-electron chi connectivity index (χ4n) is 2.80. The van der Waals surface area contributed by atoms with Crippen molar-refractivity contribution in [2.24, 2.45) is 11.8 Å². The molecule has 1 saturated carbocycles. The number of aromatic nitrogens is 1. The number of anilines is 2. The third kappa shape index (κ3) is 2.68. The van der Waals surface area contributed by atoms with Gasteiger partial charge in [-0.3, -0.25) is 4.79 Å². The molecule has 2 heterocycles. The first-order valence-corrected chi connectivity index (χ1v) is 8.56. The van der Waals surface area contributed by atoms with Gasteiger partial charge in [-0.2, -0.15) is 0 Å². The predicted molar refractivity (Wildman–Crippen MR) is 88.6 cm³/mol. The SMILES string of the molecule is C[C@@H]1C[C@@H]1C(=O)Nc1ccc2nc(N3CCOCC3)sc2c1. The van der Waals surface area contributed by atoms with Crippen molar-refractivity contribution in [1.82, 2.24) is 4.98 Å². The first-order valence-electron chi connectivity index (χ1n) is 7.75. The summed E-state index contributed by atoms with van der Waals surface area (Å²) in [6, 6.07) is 5.96. The van der Waals surface area contributed by atoms with Crippen molar-refractivity contribution < 1.29 is 9.53 Å². The summed E-state index contributed by atoms with van der Waals surface area (Å²) < 4.78 is 6.50. The highest BCUT2D eigenvalue weighted by Crippen LogP contribution is 2.39. The lowest BCUT2D eigenvalue weighted by Crippen LogP contribution is -2.36. The molecule has 0 radical (unpaired) electrons. The van der Waals surface area contributed by atoms with Gasteiger partial charge in [0.05, 0.1) is 23.4 Å². The molecule has 2 aromatic rings. The largest absolute Gasteiger partial charge is 0.378 e. The van der Waals surface area contributed by atoms with Crippen LogP contribution in [0.25, 0.3) is 10.2 Å². The van der Waals surface area contributed by atoms with Gasteiger partial charge in [-0.1, -0.05) is 18.3 Å². The van der Waals surface area contributed by atoms with E-state index >= 15 is 0 Å². The van der Waals surface area contributed by atoms with E-state index in [1.165, 1.54) is 0 Å². The standard InChI is InChI=1S/C16H19N3O2S/c1-10-8-12(10)15(20)17-11-2-3-13-14(9-11)22-16(18-13)19-4-6-21-7-5-19/h2-3,9-10,12H,4-8H2,1H3,(H,17,20)/t10-,12+/m1/s1. The van der Waals surface area contributed by atoms with Crippen LogP contribution in [0.3, 0.4) is 0 Å². The zero-order valence-corrected chi connectivity index (χ0v) is 13.4. The number of morpholine rings is 1. The molecule has 1 amide bonds. The van der Waals surface area contributed by atoms with Crippen LogP contribution in [0, 0.1) is 11.8 Å². The monoisotopic (exact) mass is 317 g/mol. The Hall–Kier alpha value is -1.66. The summed E-state index contributed by atoms with van der Waals surface area (Å²) in [7, 11) is 0. The van der Waals surface area contributed by atoms with Gasteiger partial charge in [-0.15, -0.1) is 0 Å². The van der Waals surface area contributed by atoms with Crippen molar-refractivity contribution in [2.75, 3.05) is 36.5 Å². The summed E-state index contributed by atoms with van der Waals surface area (Å²) in [6.07, 6.45) is 1.01. The van der Waals surface area contributed by atoms with E-state index in [0.29, 0.717) is 5.92 Å². The molecular weight excluding hydrogens is 298 g/mol. The molecule has 6 heteroatoms. The maximum atomic E-state index is 12.0.